The number of hydrogen-bond donors (Lipinski definition) is 3. The highest BCUT2D eigenvalue weighted by Crippen LogP contribution is 2.23. The Kier molecular flexibility index (Phi) is 3.93. The van der Waals surface area contributed by atoms with E-state index in [0.717, 1.165) is 12.8 Å². The highest BCUT2D eigenvalue weighted by molar-refractivity contribution is 6.04. The van der Waals surface area contributed by atoms with Gasteiger partial charge in [-0.05, 0) is 49.6 Å². The van der Waals surface area contributed by atoms with E-state index in [1.54, 1.807) is 18.2 Å². The van der Waals surface area contributed by atoms with Crippen molar-refractivity contribution in [1.82, 2.24) is 20.3 Å². The molecule has 6 nitrogen and oxygen atoms in total. The van der Waals surface area contributed by atoms with Gasteiger partial charge in [0, 0.05) is 11.8 Å². The lowest BCUT2D eigenvalue weighted by Crippen LogP contribution is -2.39. The maximum atomic E-state index is 13.1. The van der Waals surface area contributed by atoms with Gasteiger partial charge in [-0.2, -0.15) is 0 Å². The van der Waals surface area contributed by atoms with E-state index in [2.05, 4.69) is 20.3 Å². The molecule has 25 heavy (non-hydrogen) atoms. The molecule has 2 aromatic heterocycles. The molecule has 2 heterocycles. The molecule has 1 saturated carbocycles. The number of carbonyl (C=O) groups is 1. The molecule has 1 aromatic carbocycles. The van der Waals surface area contributed by atoms with Crippen molar-refractivity contribution >= 4 is 17.1 Å². The molecule has 1 aliphatic rings. The number of aromatic nitrogens is 3. The average molecular weight is 340 g/mol. The Morgan fingerprint density at radius 3 is 2.76 bits per heavy atom. The lowest BCUT2D eigenvalue weighted by molar-refractivity contribution is 0.0874. The minimum absolute atomic E-state index is 0.227. The summed E-state index contributed by atoms with van der Waals surface area (Å²) in [6.07, 6.45) is 3.40. The smallest absolute Gasteiger partial charge is 0.253 e. The molecule has 2 unspecified atom stereocenters. The molecule has 2 atom stereocenters. The first-order valence-electron chi connectivity index (χ1n) is 8.21. The number of hydrogen-bond acceptors (Lipinski definition) is 4. The number of H-pyrrole nitrogens is 1. The van der Waals surface area contributed by atoms with Crippen LogP contribution in [0.1, 0.15) is 29.6 Å². The van der Waals surface area contributed by atoms with Gasteiger partial charge in [-0.3, -0.25) is 4.79 Å². The van der Waals surface area contributed by atoms with Crippen molar-refractivity contribution in [2.75, 3.05) is 0 Å². The van der Waals surface area contributed by atoms with Crippen LogP contribution in [0.25, 0.3) is 22.6 Å². The van der Waals surface area contributed by atoms with Crippen LogP contribution in [0, 0.1) is 5.82 Å². The average Bonchev–Trinajstić information content (AvgIpc) is 3.21. The number of fused-ring (bicyclic) bond motifs is 1. The van der Waals surface area contributed by atoms with Gasteiger partial charge in [-0.15, -0.1) is 0 Å². The standard InChI is InChI=1S/C18H17FN4O2/c19-11-6-4-10(5-7-11)16-22-15-12(8-9-20-17(15)23-16)18(25)21-13-2-1-3-14(13)24/h4-9,13-14,24H,1-3H2,(H,21,25)(H,20,22,23). The van der Waals surface area contributed by atoms with Crippen molar-refractivity contribution in [2.45, 2.75) is 31.4 Å². The summed E-state index contributed by atoms with van der Waals surface area (Å²) in [5.41, 5.74) is 2.06. The molecule has 3 N–H and O–H groups in total. The summed E-state index contributed by atoms with van der Waals surface area (Å²) < 4.78 is 13.1. The van der Waals surface area contributed by atoms with Gasteiger partial charge in [0.1, 0.15) is 11.6 Å². The third-order valence-corrected chi connectivity index (χ3v) is 4.55. The lowest BCUT2D eigenvalue weighted by atomic mass is 10.1. The largest absolute Gasteiger partial charge is 0.391 e. The first kappa shape index (κ1) is 15.7. The van der Waals surface area contributed by atoms with Crippen LogP contribution in [-0.2, 0) is 0 Å². The van der Waals surface area contributed by atoms with Crippen molar-refractivity contribution in [2.24, 2.45) is 0 Å². The van der Waals surface area contributed by atoms with E-state index in [-0.39, 0.29) is 17.8 Å². The zero-order valence-corrected chi connectivity index (χ0v) is 13.4. The van der Waals surface area contributed by atoms with Gasteiger partial charge in [0.05, 0.1) is 23.2 Å². The fourth-order valence-electron chi connectivity index (χ4n) is 3.20. The summed E-state index contributed by atoms with van der Waals surface area (Å²) in [5.74, 6) is -0.0792. The minimum atomic E-state index is -0.502. The zero-order chi connectivity index (χ0) is 17.4. The fourth-order valence-corrected chi connectivity index (χ4v) is 3.20. The Morgan fingerprint density at radius 1 is 1.24 bits per heavy atom. The number of imidazole rings is 1. The molecule has 0 saturated heterocycles. The number of nitrogens with zero attached hydrogens (tertiary/aromatic N) is 2. The molecule has 1 amide bonds. The molecule has 0 radical (unpaired) electrons. The molecule has 3 aromatic rings. The summed E-state index contributed by atoms with van der Waals surface area (Å²) >= 11 is 0. The number of amides is 1. The molecule has 4 rings (SSSR count). The summed E-state index contributed by atoms with van der Waals surface area (Å²) in [5, 5.41) is 12.8. The summed E-state index contributed by atoms with van der Waals surface area (Å²) in [6, 6.07) is 7.32. The minimum Gasteiger partial charge on any atom is -0.391 e. The molecule has 1 aliphatic carbocycles. The van der Waals surface area contributed by atoms with Gasteiger partial charge in [-0.1, -0.05) is 0 Å². The van der Waals surface area contributed by atoms with E-state index in [4.69, 9.17) is 0 Å². The predicted molar refractivity (Wildman–Crippen MR) is 90.4 cm³/mol. The highest BCUT2D eigenvalue weighted by atomic mass is 19.1. The van der Waals surface area contributed by atoms with Crippen molar-refractivity contribution in [3.63, 3.8) is 0 Å². The predicted octanol–water partition coefficient (Wildman–Crippen LogP) is 2.41. The van der Waals surface area contributed by atoms with Crippen LogP contribution < -0.4 is 5.32 Å². The molecular formula is C18H17FN4O2. The Balaban J connectivity index is 1.67. The molecule has 0 bridgehead atoms. The maximum absolute atomic E-state index is 13.1. The number of halogens is 1. The topological polar surface area (TPSA) is 90.9 Å². The number of aliphatic hydroxyl groups excluding tert-OH is 1. The normalized spacial score (nSPS) is 20.1. The van der Waals surface area contributed by atoms with E-state index in [9.17, 15) is 14.3 Å². The van der Waals surface area contributed by atoms with Gasteiger partial charge in [0.25, 0.3) is 5.91 Å². The summed E-state index contributed by atoms with van der Waals surface area (Å²) in [7, 11) is 0. The van der Waals surface area contributed by atoms with Crippen LogP contribution in [0.5, 0.6) is 0 Å². The number of benzene rings is 1. The summed E-state index contributed by atoms with van der Waals surface area (Å²) in [4.78, 5) is 24.3. The SMILES string of the molecule is O=C(NC1CCCC1O)c1ccnc2nc(-c3ccc(F)cc3)[nH]c12. The number of pyridine rings is 1. The second kappa shape index (κ2) is 6.25. The quantitative estimate of drug-likeness (QED) is 0.683. The monoisotopic (exact) mass is 340 g/mol. The summed E-state index contributed by atoms with van der Waals surface area (Å²) in [6.45, 7) is 0. The Labute approximate surface area is 143 Å². The lowest BCUT2D eigenvalue weighted by Gasteiger charge is -2.16. The van der Waals surface area contributed by atoms with Crippen LogP contribution >= 0.6 is 0 Å². The van der Waals surface area contributed by atoms with E-state index in [0.29, 0.717) is 34.5 Å². The van der Waals surface area contributed by atoms with E-state index < -0.39 is 6.10 Å². The molecule has 0 spiro atoms. The van der Waals surface area contributed by atoms with Crippen molar-refractivity contribution < 1.29 is 14.3 Å². The Morgan fingerprint density at radius 2 is 2.04 bits per heavy atom. The van der Waals surface area contributed by atoms with Crippen LogP contribution in [0.3, 0.4) is 0 Å². The van der Waals surface area contributed by atoms with Crippen molar-refractivity contribution in [3.05, 3.63) is 47.9 Å². The van der Waals surface area contributed by atoms with Gasteiger partial charge in [-0.25, -0.2) is 14.4 Å². The number of aromatic amines is 1. The van der Waals surface area contributed by atoms with Gasteiger partial charge < -0.3 is 15.4 Å². The van der Waals surface area contributed by atoms with Gasteiger partial charge >= 0.3 is 0 Å². The second-order valence-corrected chi connectivity index (χ2v) is 6.23. The van der Waals surface area contributed by atoms with Crippen molar-refractivity contribution in [1.29, 1.82) is 0 Å². The second-order valence-electron chi connectivity index (χ2n) is 6.23. The van der Waals surface area contributed by atoms with Gasteiger partial charge in [0.15, 0.2) is 5.65 Å². The van der Waals surface area contributed by atoms with Crippen molar-refractivity contribution in [3.8, 4) is 11.4 Å². The van der Waals surface area contributed by atoms with Crippen LogP contribution in [0.4, 0.5) is 4.39 Å². The first-order chi connectivity index (χ1) is 12.1. The number of carbonyl (C=O) groups excluding carboxylic acids is 1. The van der Waals surface area contributed by atoms with Crippen LogP contribution in [0.2, 0.25) is 0 Å². The van der Waals surface area contributed by atoms with Crippen LogP contribution in [-0.4, -0.2) is 38.1 Å². The fraction of sp³-hybridized carbons (Fsp3) is 0.278. The molecule has 128 valence electrons. The number of aliphatic hydroxyl groups is 1. The third-order valence-electron chi connectivity index (χ3n) is 4.55. The third kappa shape index (κ3) is 2.98. The van der Waals surface area contributed by atoms with E-state index in [1.165, 1.54) is 18.3 Å². The van der Waals surface area contributed by atoms with Gasteiger partial charge in [0.2, 0.25) is 0 Å². The maximum Gasteiger partial charge on any atom is 0.253 e. The molecule has 1 fully saturated rings. The Bertz CT molecular complexity index is 922. The molecular weight excluding hydrogens is 323 g/mol. The molecule has 0 aliphatic heterocycles. The Hall–Kier alpha value is -2.80. The number of nitrogens with one attached hydrogen (secondary N) is 2. The van der Waals surface area contributed by atoms with E-state index in [1.807, 2.05) is 0 Å². The van der Waals surface area contributed by atoms with E-state index >= 15 is 0 Å². The zero-order valence-electron chi connectivity index (χ0n) is 13.4. The highest BCUT2D eigenvalue weighted by Gasteiger charge is 2.27. The molecule has 7 heteroatoms. The first-order valence-corrected chi connectivity index (χ1v) is 8.21. The number of rotatable bonds is 3. The van der Waals surface area contributed by atoms with Crippen LogP contribution in [0.15, 0.2) is 36.5 Å².